The largest absolute Gasteiger partial charge is 0.326 e. The van der Waals surface area contributed by atoms with Crippen molar-refractivity contribution in [3.63, 3.8) is 0 Å². The zero-order valence-electron chi connectivity index (χ0n) is 17.8. The maximum absolute atomic E-state index is 12.8. The van der Waals surface area contributed by atoms with E-state index in [1.807, 2.05) is 18.2 Å². The van der Waals surface area contributed by atoms with Crippen LogP contribution in [0.3, 0.4) is 0 Å². The van der Waals surface area contributed by atoms with Crippen LogP contribution in [-0.4, -0.2) is 24.3 Å². The van der Waals surface area contributed by atoms with Gasteiger partial charge >= 0.3 is 0 Å². The molecule has 2 aromatic carbocycles. The van der Waals surface area contributed by atoms with Crippen LogP contribution < -0.4 is 15.5 Å². The normalized spacial score (nSPS) is 17.0. The second-order valence-electron chi connectivity index (χ2n) is 7.74. The van der Waals surface area contributed by atoms with Crippen molar-refractivity contribution in [1.29, 1.82) is 0 Å². The molecule has 0 aliphatic carbocycles. The van der Waals surface area contributed by atoms with E-state index in [0.717, 1.165) is 17.7 Å². The van der Waals surface area contributed by atoms with Gasteiger partial charge in [0.05, 0.1) is 5.92 Å². The summed E-state index contributed by atoms with van der Waals surface area (Å²) in [4.78, 5) is 38.7. The van der Waals surface area contributed by atoms with Gasteiger partial charge in [0.25, 0.3) is 0 Å². The van der Waals surface area contributed by atoms with Crippen molar-refractivity contribution >= 4 is 34.8 Å². The van der Waals surface area contributed by atoms with Gasteiger partial charge in [-0.05, 0) is 48.2 Å². The molecule has 2 N–H and O–H groups in total. The van der Waals surface area contributed by atoms with E-state index in [1.165, 1.54) is 0 Å². The molecular weight excluding hydrogens is 378 g/mol. The van der Waals surface area contributed by atoms with Crippen molar-refractivity contribution in [1.82, 2.24) is 0 Å². The monoisotopic (exact) mass is 407 g/mol. The van der Waals surface area contributed by atoms with Gasteiger partial charge in [-0.1, -0.05) is 39.0 Å². The lowest BCUT2D eigenvalue weighted by Crippen LogP contribution is -2.29. The molecule has 1 aliphatic heterocycles. The Morgan fingerprint density at radius 1 is 1.03 bits per heavy atom. The Morgan fingerprint density at radius 2 is 1.67 bits per heavy atom. The maximum atomic E-state index is 12.8. The first kappa shape index (κ1) is 21.6. The molecule has 1 fully saturated rings. The predicted molar refractivity (Wildman–Crippen MR) is 120 cm³/mol. The van der Waals surface area contributed by atoms with Crippen molar-refractivity contribution in [2.24, 2.45) is 5.92 Å². The van der Waals surface area contributed by atoms with Crippen molar-refractivity contribution in [3.05, 3.63) is 54.1 Å². The Morgan fingerprint density at radius 3 is 2.30 bits per heavy atom. The number of hydrogen-bond donors (Lipinski definition) is 2. The molecule has 3 rings (SSSR count). The zero-order valence-corrected chi connectivity index (χ0v) is 17.8. The van der Waals surface area contributed by atoms with Crippen molar-refractivity contribution in [2.75, 3.05) is 22.1 Å². The second kappa shape index (κ2) is 9.57. The van der Waals surface area contributed by atoms with Crippen molar-refractivity contribution < 1.29 is 14.4 Å². The van der Waals surface area contributed by atoms with E-state index < -0.39 is 5.92 Å². The Labute approximate surface area is 177 Å². The second-order valence-corrected chi connectivity index (χ2v) is 7.74. The van der Waals surface area contributed by atoms with Crippen LogP contribution in [0.1, 0.15) is 51.5 Å². The number of nitrogens with zero attached hydrogens (tertiary/aromatic N) is 1. The van der Waals surface area contributed by atoms with E-state index in [0.29, 0.717) is 30.3 Å². The fourth-order valence-electron chi connectivity index (χ4n) is 3.62. The molecular formula is C24H29N3O3. The van der Waals surface area contributed by atoms with E-state index in [1.54, 1.807) is 36.1 Å². The molecule has 3 amide bonds. The third kappa shape index (κ3) is 4.87. The number of amides is 3. The van der Waals surface area contributed by atoms with E-state index in [4.69, 9.17) is 0 Å². The lowest BCUT2D eigenvalue weighted by Gasteiger charge is -2.23. The van der Waals surface area contributed by atoms with Crippen LogP contribution in [0, 0.1) is 5.92 Å². The number of carbonyl (C=O) groups is 3. The van der Waals surface area contributed by atoms with Gasteiger partial charge in [-0.2, -0.15) is 0 Å². The van der Waals surface area contributed by atoms with E-state index >= 15 is 0 Å². The molecule has 0 spiro atoms. The average Bonchev–Trinajstić information content (AvgIpc) is 3.16. The summed E-state index contributed by atoms with van der Waals surface area (Å²) < 4.78 is 0. The molecule has 1 saturated heterocycles. The highest BCUT2D eigenvalue weighted by Gasteiger charge is 2.36. The lowest BCUT2D eigenvalue weighted by molar-refractivity contribution is -0.122. The van der Waals surface area contributed by atoms with Crippen LogP contribution in [-0.2, 0) is 14.4 Å². The van der Waals surface area contributed by atoms with Crippen LogP contribution in [0.25, 0.3) is 0 Å². The quantitative estimate of drug-likeness (QED) is 0.707. The van der Waals surface area contributed by atoms with Gasteiger partial charge in [-0.25, -0.2) is 0 Å². The van der Waals surface area contributed by atoms with Gasteiger partial charge < -0.3 is 15.5 Å². The molecule has 30 heavy (non-hydrogen) atoms. The summed E-state index contributed by atoms with van der Waals surface area (Å²) in [7, 11) is 0. The fourth-order valence-corrected chi connectivity index (χ4v) is 3.62. The Kier molecular flexibility index (Phi) is 6.87. The van der Waals surface area contributed by atoms with Gasteiger partial charge in [0.15, 0.2) is 0 Å². The third-order valence-corrected chi connectivity index (χ3v) is 5.62. The molecule has 6 heteroatoms. The third-order valence-electron chi connectivity index (χ3n) is 5.62. The minimum Gasteiger partial charge on any atom is -0.326 e. The summed E-state index contributed by atoms with van der Waals surface area (Å²) in [6.45, 7) is 6.44. The van der Waals surface area contributed by atoms with Gasteiger partial charge in [0.1, 0.15) is 0 Å². The van der Waals surface area contributed by atoms with Crippen LogP contribution in [0.5, 0.6) is 0 Å². The molecule has 2 unspecified atom stereocenters. The summed E-state index contributed by atoms with van der Waals surface area (Å²) in [5.74, 6) is -0.315. The maximum Gasteiger partial charge on any atom is 0.229 e. The Balaban J connectivity index is 1.67. The summed E-state index contributed by atoms with van der Waals surface area (Å²) >= 11 is 0. The molecule has 0 radical (unpaired) electrons. The molecule has 158 valence electrons. The lowest BCUT2D eigenvalue weighted by atomic mass is 9.96. The summed E-state index contributed by atoms with van der Waals surface area (Å²) in [6.07, 6.45) is 1.59. The number of hydrogen-bond acceptors (Lipinski definition) is 3. The van der Waals surface area contributed by atoms with Crippen molar-refractivity contribution in [2.45, 2.75) is 46.0 Å². The Bertz CT molecular complexity index is 924. The molecule has 0 aromatic heterocycles. The number of benzene rings is 2. The zero-order chi connectivity index (χ0) is 21.7. The standard InChI is InChI=1S/C24H29N3O3/c1-4-16(3)20-8-6-7-9-21(20)27-15-17(14-23(27)29)24(30)26-19-12-10-18(11-13-19)25-22(28)5-2/h6-13,16-17H,4-5,14-15H2,1-3H3,(H,25,28)(H,26,30). The smallest absolute Gasteiger partial charge is 0.229 e. The molecule has 1 aliphatic rings. The number of carbonyl (C=O) groups excluding carboxylic acids is 3. The number of rotatable bonds is 7. The first-order valence-corrected chi connectivity index (χ1v) is 10.5. The summed E-state index contributed by atoms with van der Waals surface area (Å²) in [5, 5.41) is 5.66. The minimum atomic E-state index is -0.401. The highest BCUT2D eigenvalue weighted by Crippen LogP contribution is 2.33. The molecule has 6 nitrogen and oxygen atoms in total. The van der Waals surface area contributed by atoms with Gasteiger partial charge in [-0.15, -0.1) is 0 Å². The van der Waals surface area contributed by atoms with Gasteiger partial charge in [0.2, 0.25) is 17.7 Å². The highest BCUT2D eigenvalue weighted by molar-refractivity contribution is 6.04. The first-order chi connectivity index (χ1) is 14.4. The highest BCUT2D eigenvalue weighted by atomic mass is 16.2. The number of nitrogens with one attached hydrogen (secondary N) is 2. The molecule has 0 bridgehead atoms. The Hall–Kier alpha value is -3.15. The first-order valence-electron chi connectivity index (χ1n) is 10.5. The van der Waals surface area contributed by atoms with E-state index in [-0.39, 0.29) is 24.1 Å². The molecule has 2 atom stereocenters. The van der Waals surface area contributed by atoms with Crippen LogP contribution >= 0.6 is 0 Å². The van der Waals surface area contributed by atoms with E-state index in [9.17, 15) is 14.4 Å². The fraction of sp³-hybridized carbons (Fsp3) is 0.375. The topological polar surface area (TPSA) is 78.5 Å². The summed E-state index contributed by atoms with van der Waals surface area (Å²) in [6, 6.07) is 14.9. The van der Waals surface area contributed by atoms with Crippen LogP contribution in [0.2, 0.25) is 0 Å². The van der Waals surface area contributed by atoms with Crippen LogP contribution in [0.15, 0.2) is 48.5 Å². The molecule has 1 heterocycles. The SMILES string of the molecule is CCC(=O)Nc1ccc(NC(=O)C2CC(=O)N(c3ccccc3C(C)CC)C2)cc1. The minimum absolute atomic E-state index is 0.0245. The van der Waals surface area contributed by atoms with Gasteiger partial charge in [0, 0.05) is 36.4 Å². The summed E-state index contributed by atoms with van der Waals surface area (Å²) in [5.41, 5.74) is 3.37. The number of anilines is 3. The average molecular weight is 408 g/mol. The van der Waals surface area contributed by atoms with E-state index in [2.05, 4.69) is 30.5 Å². The van der Waals surface area contributed by atoms with Crippen LogP contribution in [0.4, 0.5) is 17.1 Å². The number of para-hydroxylation sites is 1. The molecule has 0 saturated carbocycles. The van der Waals surface area contributed by atoms with Crippen molar-refractivity contribution in [3.8, 4) is 0 Å². The predicted octanol–water partition coefficient (Wildman–Crippen LogP) is 4.54. The molecule has 2 aromatic rings. The van der Waals surface area contributed by atoms with Gasteiger partial charge in [-0.3, -0.25) is 14.4 Å².